The Labute approximate surface area is 111 Å². The van der Waals surface area contributed by atoms with E-state index in [0.717, 1.165) is 0 Å². The maximum absolute atomic E-state index is 12.2. The van der Waals surface area contributed by atoms with Gasteiger partial charge in [-0.3, -0.25) is 4.79 Å². The number of likely N-dealkylation sites (tertiary alicyclic amines) is 1. The number of esters is 1. The van der Waals surface area contributed by atoms with Gasteiger partial charge in [0.25, 0.3) is 0 Å². The normalized spacial score (nSPS) is 18.5. The number of ether oxygens (including phenoxy) is 2. The van der Waals surface area contributed by atoms with Crippen LogP contribution in [0.4, 0.5) is 12.9 Å². The van der Waals surface area contributed by atoms with Gasteiger partial charge in [0.1, 0.15) is 0 Å². The highest BCUT2D eigenvalue weighted by Gasteiger charge is 2.29. The summed E-state index contributed by atoms with van der Waals surface area (Å²) >= 11 is 0. The lowest BCUT2D eigenvalue weighted by molar-refractivity contribution is -0.141. The maximum Gasteiger partial charge on any atom is 0.492 e. The maximum atomic E-state index is 12.2. The van der Waals surface area contributed by atoms with Crippen molar-refractivity contribution in [3.63, 3.8) is 0 Å². The van der Waals surface area contributed by atoms with Gasteiger partial charge in [0.15, 0.2) is 0 Å². The van der Waals surface area contributed by atoms with Gasteiger partial charge in [-0.15, -0.1) is 0 Å². The molecule has 0 aliphatic carbocycles. The van der Waals surface area contributed by atoms with E-state index in [1.54, 1.807) is 0 Å². The molecule has 0 unspecified atom stereocenters. The smallest absolute Gasteiger partial charge is 0.469 e. The first-order chi connectivity index (χ1) is 8.90. The largest absolute Gasteiger partial charge is 0.492 e. The predicted molar refractivity (Wildman–Crippen MR) is 65.7 cm³/mol. The van der Waals surface area contributed by atoms with Crippen molar-refractivity contribution in [2.75, 3.05) is 33.3 Å². The number of halogens is 3. The first-order valence-corrected chi connectivity index (χ1v) is 6.52. The zero-order valence-electron chi connectivity index (χ0n) is 11.1. The zero-order chi connectivity index (χ0) is 14.3. The van der Waals surface area contributed by atoms with Crippen LogP contribution < -0.4 is 0 Å². The highest BCUT2D eigenvalue weighted by atomic mass is 19.4. The Kier molecular flexibility index (Phi) is 6.64. The summed E-state index contributed by atoms with van der Waals surface area (Å²) in [6.45, 7) is -3.45. The molecule has 19 heavy (non-hydrogen) atoms. The summed E-state index contributed by atoms with van der Waals surface area (Å²) in [7, 11) is 1.33. The Balaban J connectivity index is 2.08. The monoisotopic (exact) mass is 282 g/mol. The van der Waals surface area contributed by atoms with Crippen LogP contribution in [0.5, 0.6) is 0 Å². The van der Waals surface area contributed by atoms with E-state index in [1.807, 2.05) is 0 Å². The molecule has 0 N–H and O–H groups in total. The minimum atomic E-state index is -4.74. The minimum absolute atomic E-state index is 0.00892. The topological polar surface area (TPSA) is 38.8 Å². The summed E-state index contributed by atoms with van der Waals surface area (Å²) in [5.74, 6) is -0.272. The summed E-state index contributed by atoms with van der Waals surface area (Å²) in [4.78, 5) is 12.3. The van der Waals surface area contributed by atoms with Crippen LogP contribution in [-0.2, 0) is 14.3 Å². The minimum Gasteiger partial charge on any atom is -0.469 e. The van der Waals surface area contributed by atoms with Gasteiger partial charge in [0.05, 0.1) is 13.2 Å². The number of rotatable bonds is 7. The van der Waals surface area contributed by atoms with Crippen LogP contribution in [0.25, 0.3) is 0 Å². The Morgan fingerprint density at radius 2 is 1.95 bits per heavy atom. The van der Waals surface area contributed by atoms with Gasteiger partial charge >= 0.3 is 12.9 Å². The number of carbonyl (C=O) groups excluding carboxylic acids is 1. The Morgan fingerprint density at radius 1 is 1.32 bits per heavy atom. The molecule has 0 aromatic heterocycles. The van der Waals surface area contributed by atoms with E-state index >= 15 is 0 Å². The van der Waals surface area contributed by atoms with Gasteiger partial charge in [-0.05, 0) is 38.8 Å². The third kappa shape index (κ3) is 7.42. The summed E-state index contributed by atoms with van der Waals surface area (Å²) < 4.78 is 46.8. The fourth-order valence-corrected chi connectivity index (χ4v) is 2.12. The van der Waals surface area contributed by atoms with Crippen LogP contribution in [0.3, 0.4) is 0 Å². The first kappa shape index (κ1) is 16.3. The van der Waals surface area contributed by atoms with E-state index in [0.29, 0.717) is 45.4 Å². The fourth-order valence-electron chi connectivity index (χ4n) is 2.12. The van der Waals surface area contributed by atoms with Gasteiger partial charge in [-0.25, -0.2) is 0 Å². The lowest BCUT2D eigenvalue weighted by atomic mass is 9.90. The molecule has 8 heteroatoms. The summed E-state index contributed by atoms with van der Waals surface area (Å²) in [5, 5.41) is 0. The number of piperidine rings is 1. The van der Waals surface area contributed by atoms with E-state index < -0.39 is 13.4 Å². The summed E-state index contributed by atoms with van der Waals surface area (Å²) in [6, 6.07) is 0. The lowest BCUT2D eigenvalue weighted by Crippen LogP contribution is -2.44. The number of methoxy groups -OCH3 is 1. The van der Waals surface area contributed by atoms with E-state index in [2.05, 4.69) is 4.74 Å². The van der Waals surface area contributed by atoms with E-state index in [4.69, 9.17) is 4.74 Å². The second kappa shape index (κ2) is 7.74. The molecular weight excluding hydrogens is 262 g/mol. The molecule has 1 saturated heterocycles. The van der Waals surface area contributed by atoms with Gasteiger partial charge in [-0.2, -0.15) is 0 Å². The molecular formula is C11H20BF3NO3-. The quantitative estimate of drug-likeness (QED) is 0.405. The first-order valence-electron chi connectivity index (χ1n) is 6.52. The fraction of sp³-hybridized carbons (Fsp3) is 0.909. The lowest BCUT2D eigenvalue weighted by Gasteiger charge is -2.34. The van der Waals surface area contributed by atoms with Crippen molar-refractivity contribution in [3.8, 4) is 0 Å². The van der Waals surface area contributed by atoms with Gasteiger partial charge < -0.3 is 27.3 Å². The molecule has 0 radical (unpaired) electrons. The van der Waals surface area contributed by atoms with Crippen LogP contribution in [0, 0.1) is 0 Å². The average molecular weight is 282 g/mol. The van der Waals surface area contributed by atoms with Crippen LogP contribution >= 0.6 is 0 Å². The molecule has 1 aliphatic rings. The Morgan fingerprint density at radius 3 is 2.47 bits per heavy atom. The highest BCUT2D eigenvalue weighted by Crippen LogP contribution is 2.18. The number of nitrogens with zero attached hydrogens (tertiary/aromatic N) is 1. The Bertz CT molecular complexity index is 281. The molecule has 0 aromatic carbocycles. The second-order valence-corrected chi connectivity index (χ2v) is 4.76. The van der Waals surface area contributed by atoms with E-state index in [-0.39, 0.29) is 12.1 Å². The molecule has 1 rings (SSSR count). The highest BCUT2D eigenvalue weighted by molar-refractivity contribution is 6.58. The summed E-state index contributed by atoms with van der Waals surface area (Å²) in [5.41, 5.74) is 0. The SMILES string of the molecule is COC(=O)CCCOC1CCN(C[B-](F)(F)F)CC1. The third-order valence-corrected chi connectivity index (χ3v) is 3.11. The van der Waals surface area contributed by atoms with Crippen LogP contribution in [0.2, 0.25) is 0 Å². The molecule has 1 aliphatic heterocycles. The van der Waals surface area contributed by atoms with Crippen molar-refractivity contribution >= 4 is 12.9 Å². The molecule has 1 heterocycles. The molecule has 0 atom stereocenters. The van der Waals surface area contributed by atoms with Crippen molar-refractivity contribution in [2.24, 2.45) is 0 Å². The van der Waals surface area contributed by atoms with Crippen molar-refractivity contribution < 1.29 is 27.2 Å². The van der Waals surface area contributed by atoms with Gasteiger partial charge in [0.2, 0.25) is 0 Å². The van der Waals surface area contributed by atoms with Crippen molar-refractivity contribution in [2.45, 2.75) is 31.8 Å². The molecule has 112 valence electrons. The van der Waals surface area contributed by atoms with Crippen LogP contribution in [-0.4, -0.2) is 57.2 Å². The second-order valence-electron chi connectivity index (χ2n) is 4.76. The predicted octanol–water partition coefficient (Wildman–Crippen LogP) is 1.81. The average Bonchev–Trinajstić information content (AvgIpc) is 2.34. The number of hydrogen-bond acceptors (Lipinski definition) is 4. The zero-order valence-corrected chi connectivity index (χ0v) is 11.1. The van der Waals surface area contributed by atoms with Gasteiger partial charge in [0, 0.05) is 13.0 Å². The van der Waals surface area contributed by atoms with E-state index in [1.165, 1.54) is 12.0 Å². The van der Waals surface area contributed by atoms with Crippen molar-refractivity contribution in [1.82, 2.24) is 4.90 Å². The molecule has 0 amide bonds. The van der Waals surface area contributed by atoms with Crippen LogP contribution in [0.1, 0.15) is 25.7 Å². The van der Waals surface area contributed by atoms with E-state index in [9.17, 15) is 17.7 Å². The van der Waals surface area contributed by atoms with Crippen LogP contribution in [0.15, 0.2) is 0 Å². The third-order valence-electron chi connectivity index (χ3n) is 3.11. The summed E-state index contributed by atoms with van der Waals surface area (Å²) in [6.07, 6.45) is 1.35. The van der Waals surface area contributed by atoms with Gasteiger partial charge in [-0.1, -0.05) is 0 Å². The Hall–Kier alpha value is -0.755. The standard InChI is InChI=1S/C11H20BF3NO3/c1-18-11(17)3-2-8-19-10-4-6-16(7-5-10)9-12(13,14)15/h10H,2-9H2,1H3/q-1. The molecule has 0 bridgehead atoms. The molecule has 0 saturated carbocycles. The molecule has 1 fully saturated rings. The molecule has 0 aromatic rings. The molecule has 0 spiro atoms. The van der Waals surface area contributed by atoms with Crippen molar-refractivity contribution in [1.29, 1.82) is 0 Å². The van der Waals surface area contributed by atoms with Crippen molar-refractivity contribution in [3.05, 3.63) is 0 Å². The molecule has 4 nitrogen and oxygen atoms in total. The number of carbonyl (C=O) groups is 1. The number of hydrogen-bond donors (Lipinski definition) is 0.